The number of nitro benzene ring substituents is 1. The average molecular weight is 380 g/mol. The van der Waals surface area contributed by atoms with Gasteiger partial charge in [-0.15, -0.1) is 12.4 Å². The van der Waals surface area contributed by atoms with Gasteiger partial charge >= 0.3 is 0 Å². The minimum Gasteiger partial charge on any atom is -0.338 e. The van der Waals surface area contributed by atoms with Gasteiger partial charge in [0.25, 0.3) is 11.6 Å². The van der Waals surface area contributed by atoms with Gasteiger partial charge in [0.2, 0.25) is 0 Å². The third-order valence-electron chi connectivity index (χ3n) is 4.60. The number of amides is 1. The van der Waals surface area contributed by atoms with Gasteiger partial charge in [0, 0.05) is 30.6 Å². The fraction of sp³-hybridized carbons (Fsp3) is 0.278. The van der Waals surface area contributed by atoms with Crippen LogP contribution in [0.5, 0.6) is 0 Å². The summed E-state index contributed by atoms with van der Waals surface area (Å²) in [6.07, 6.45) is 0. The maximum Gasteiger partial charge on any atom is 0.273 e. The molecule has 0 bridgehead atoms. The van der Waals surface area contributed by atoms with Gasteiger partial charge in [-0.25, -0.2) is 4.39 Å². The number of carbonyl (C=O) groups excluding carboxylic acids is 1. The van der Waals surface area contributed by atoms with Crippen LogP contribution >= 0.6 is 12.4 Å². The van der Waals surface area contributed by atoms with Crippen LogP contribution in [0.25, 0.3) is 0 Å². The second kappa shape index (κ2) is 8.25. The van der Waals surface area contributed by atoms with Crippen LogP contribution in [0.2, 0.25) is 0 Å². The third-order valence-corrected chi connectivity index (χ3v) is 4.60. The summed E-state index contributed by atoms with van der Waals surface area (Å²) in [7, 11) is 0. The van der Waals surface area contributed by atoms with Gasteiger partial charge in [-0.1, -0.05) is 30.3 Å². The molecule has 1 saturated heterocycles. The number of hydrogen-bond acceptors (Lipinski definition) is 4. The van der Waals surface area contributed by atoms with Crippen LogP contribution < -0.4 is 5.73 Å². The number of nitrogens with zero attached hydrogens (tertiary/aromatic N) is 2. The molecule has 0 unspecified atom stereocenters. The lowest BCUT2D eigenvalue weighted by atomic mass is 9.89. The quantitative estimate of drug-likeness (QED) is 0.653. The molecule has 8 heteroatoms. The molecular weight excluding hydrogens is 361 g/mol. The summed E-state index contributed by atoms with van der Waals surface area (Å²) >= 11 is 0. The molecule has 3 rings (SSSR count). The van der Waals surface area contributed by atoms with Gasteiger partial charge in [-0.05, 0) is 24.1 Å². The Morgan fingerprint density at radius 3 is 2.54 bits per heavy atom. The standard InChI is InChI=1S/C18H18FN3O3.ClH/c19-15-6-13(7-16(8-15)22(24)25)18(23)21-10-14(9-20)17(11-21)12-4-2-1-3-5-12;/h1-8,14,17H,9-11,20H2;1H/t14-,17+;/m1./s1. The second-order valence-electron chi connectivity index (χ2n) is 6.18. The first-order valence-electron chi connectivity index (χ1n) is 7.99. The van der Waals surface area contributed by atoms with Crippen LogP contribution in [0.3, 0.4) is 0 Å². The lowest BCUT2D eigenvalue weighted by molar-refractivity contribution is -0.385. The van der Waals surface area contributed by atoms with Crippen LogP contribution in [-0.2, 0) is 0 Å². The predicted octanol–water partition coefficient (Wildman–Crippen LogP) is 2.97. The number of hydrogen-bond donors (Lipinski definition) is 1. The highest BCUT2D eigenvalue weighted by molar-refractivity contribution is 5.95. The van der Waals surface area contributed by atoms with Crippen molar-refractivity contribution in [1.29, 1.82) is 0 Å². The summed E-state index contributed by atoms with van der Waals surface area (Å²) in [4.78, 5) is 24.5. The summed E-state index contributed by atoms with van der Waals surface area (Å²) in [6.45, 7) is 1.32. The highest BCUT2D eigenvalue weighted by atomic mass is 35.5. The molecule has 0 radical (unpaired) electrons. The number of non-ortho nitro benzene ring substituents is 1. The van der Waals surface area contributed by atoms with Gasteiger partial charge in [0.05, 0.1) is 11.0 Å². The molecule has 26 heavy (non-hydrogen) atoms. The van der Waals surface area contributed by atoms with E-state index in [1.54, 1.807) is 4.90 Å². The van der Waals surface area contributed by atoms with Gasteiger partial charge < -0.3 is 10.6 Å². The van der Waals surface area contributed by atoms with Crippen molar-refractivity contribution in [2.24, 2.45) is 11.7 Å². The number of likely N-dealkylation sites (tertiary alicyclic amines) is 1. The van der Waals surface area contributed by atoms with E-state index < -0.39 is 22.3 Å². The zero-order valence-corrected chi connectivity index (χ0v) is 14.7. The minimum absolute atomic E-state index is 0. The Morgan fingerprint density at radius 2 is 1.92 bits per heavy atom. The van der Waals surface area contributed by atoms with E-state index in [2.05, 4.69) is 0 Å². The van der Waals surface area contributed by atoms with Crippen molar-refractivity contribution >= 4 is 24.0 Å². The average Bonchev–Trinajstić information content (AvgIpc) is 3.05. The van der Waals surface area contributed by atoms with Crippen molar-refractivity contribution in [3.05, 3.63) is 75.6 Å². The SMILES string of the molecule is Cl.NC[C@@H]1CN(C(=O)c2cc(F)cc([N+](=O)[O-])c2)C[C@H]1c1ccccc1. The molecular formula is C18H19ClFN3O3. The summed E-state index contributed by atoms with van der Waals surface area (Å²) in [5.41, 5.74) is 6.51. The molecule has 2 aromatic carbocycles. The van der Waals surface area contributed by atoms with Crippen molar-refractivity contribution in [3.63, 3.8) is 0 Å². The first kappa shape index (κ1) is 19.8. The van der Waals surface area contributed by atoms with Gasteiger partial charge in [0.15, 0.2) is 0 Å². The molecule has 2 atom stereocenters. The van der Waals surface area contributed by atoms with E-state index in [4.69, 9.17) is 5.73 Å². The number of halogens is 2. The van der Waals surface area contributed by atoms with E-state index >= 15 is 0 Å². The maximum atomic E-state index is 13.6. The van der Waals surface area contributed by atoms with Crippen molar-refractivity contribution in [3.8, 4) is 0 Å². The van der Waals surface area contributed by atoms with Gasteiger partial charge in [0.1, 0.15) is 5.82 Å². The fourth-order valence-corrected chi connectivity index (χ4v) is 3.34. The Balaban J connectivity index is 0.00000243. The summed E-state index contributed by atoms with van der Waals surface area (Å²) in [6, 6.07) is 12.7. The Hall–Kier alpha value is -2.51. The molecule has 1 amide bonds. The Morgan fingerprint density at radius 1 is 1.23 bits per heavy atom. The lowest BCUT2D eigenvalue weighted by Gasteiger charge is -2.17. The molecule has 1 aliphatic rings. The zero-order chi connectivity index (χ0) is 18.0. The second-order valence-corrected chi connectivity index (χ2v) is 6.18. The van der Waals surface area contributed by atoms with E-state index in [1.165, 1.54) is 0 Å². The molecule has 2 N–H and O–H groups in total. The molecule has 0 aromatic heterocycles. The summed E-state index contributed by atoms with van der Waals surface area (Å²) < 4.78 is 13.6. The van der Waals surface area contributed by atoms with Crippen LogP contribution in [0.4, 0.5) is 10.1 Å². The van der Waals surface area contributed by atoms with Gasteiger partial charge in [-0.2, -0.15) is 0 Å². The molecule has 1 heterocycles. The van der Waals surface area contributed by atoms with E-state index in [9.17, 15) is 19.3 Å². The number of nitro groups is 1. The van der Waals surface area contributed by atoms with Crippen LogP contribution in [-0.4, -0.2) is 35.4 Å². The molecule has 0 aliphatic carbocycles. The van der Waals surface area contributed by atoms with Crippen molar-refractivity contribution in [2.75, 3.05) is 19.6 Å². The molecule has 1 aliphatic heterocycles. The van der Waals surface area contributed by atoms with E-state index in [-0.39, 0.29) is 29.8 Å². The molecule has 0 spiro atoms. The summed E-state index contributed by atoms with van der Waals surface area (Å²) in [5, 5.41) is 10.9. The van der Waals surface area contributed by atoms with Crippen LogP contribution in [0.1, 0.15) is 21.8 Å². The van der Waals surface area contributed by atoms with Crippen molar-refractivity contribution in [1.82, 2.24) is 4.90 Å². The van der Waals surface area contributed by atoms with E-state index in [0.29, 0.717) is 19.6 Å². The number of rotatable bonds is 4. The minimum atomic E-state index is -0.799. The Kier molecular flexibility index (Phi) is 6.28. The Bertz CT molecular complexity index is 804. The van der Waals surface area contributed by atoms with Crippen molar-refractivity contribution in [2.45, 2.75) is 5.92 Å². The number of nitrogens with two attached hydrogens (primary N) is 1. The largest absolute Gasteiger partial charge is 0.338 e. The molecule has 138 valence electrons. The fourth-order valence-electron chi connectivity index (χ4n) is 3.34. The first-order valence-corrected chi connectivity index (χ1v) is 7.99. The topological polar surface area (TPSA) is 89.5 Å². The highest BCUT2D eigenvalue weighted by Crippen LogP contribution is 2.33. The predicted molar refractivity (Wildman–Crippen MR) is 97.9 cm³/mol. The van der Waals surface area contributed by atoms with Crippen molar-refractivity contribution < 1.29 is 14.1 Å². The zero-order valence-electron chi connectivity index (χ0n) is 13.9. The monoisotopic (exact) mass is 379 g/mol. The van der Waals surface area contributed by atoms with Gasteiger partial charge in [-0.3, -0.25) is 14.9 Å². The van der Waals surface area contributed by atoms with E-state index in [0.717, 1.165) is 23.8 Å². The van der Waals surface area contributed by atoms with Crippen LogP contribution in [0.15, 0.2) is 48.5 Å². The Labute approximate surface area is 156 Å². The normalized spacial score (nSPS) is 19.1. The third kappa shape index (κ3) is 4.00. The maximum absolute atomic E-state index is 13.6. The lowest BCUT2D eigenvalue weighted by Crippen LogP contribution is -2.30. The molecule has 1 fully saturated rings. The van der Waals surface area contributed by atoms with Crippen LogP contribution in [0, 0.1) is 21.8 Å². The molecule has 0 saturated carbocycles. The highest BCUT2D eigenvalue weighted by Gasteiger charge is 2.36. The molecule has 2 aromatic rings. The van der Waals surface area contributed by atoms with E-state index in [1.807, 2.05) is 30.3 Å². The number of benzene rings is 2. The summed E-state index contributed by atoms with van der Waals surface area (Å²) in [5.74, 6) is -1.03. The smallest absolute Gasteiger partial charge is 0.273 e. The molecule has 6 nitrogen and oxygen atoms in total. The number of carbonyl (C=O) groups is 1. The first-order chi connectivity index (χ1) is 12.0.